The summed E-state index contributed by atoms with van der Waals surface area (Å²) >= 11 is 6.20. The van der Waals surface area contributed by atoms with E-state index in [1.807, 2.05) is 38.1 Å². The highest BCUT2D eigenvalue weighted by Gasteiger charge is 2.33. The topological polar surface area (TPSA) is 77.5 Å². The molecule has 9 heteroatoms. The van der Waals surface area contributed by atoms with Crippen LogP contribution in [0.5, 0.6) is 11.5 Å². The third-order valence-electron chi connectivity index (χ3n) is 9.02. The van der Waals surface area contributed by atoms with Crippen molar-refractivity contribution in [2.45, 2.75) is 45.8 Å². The largest absolute Gasteiger partial charge is 0.496 e. The molecule has 8 nitrogen and oxygen atoms in total. The minimum atomic E-state index is -0.406. The third kappa shape index (κ3) is 8.40. The van der Waals surface area contributed by atoms with Crippen molar-refractivity contribution < 1.29 is 28.5 Å². The molecule has 1 atom stereocenters. The first kappa shape index (κ1) is 35.0. The highest BCUT2D eigenvalue weighted by Crippen LogP contribution is 2.43. The van der Waals surface area contributed by atoms with Crippen LogP contribution in [0.25, 0.3) is 0 Å². The summed E-state index contributed by atoms with van der Waals surface area (Å²) in [7, 11) is 3.00. The number of esters is 2. The molecule has 2 heterocycles. The Labute approximate surface area is 288 Å². The lowest BCUT2D eigenvalue weighted by Gasteiger charge is -2.39. The molecule has 2 aliphatic heterocycles. The Hall–Kier alpha value is -4.29. The van der Waals surface area contributed by atoms with Gasteiger partial charge in [0.1, 0.15) is 30.3 Å². The molecular formula is C39H43ClN2O6. The lowest BCUT2D eigenvalue weighted by Crippen LogP contribution is -2.47. The molecule has 0 bridgehead atoms. The summed E-state index contributed by atoms with van der Waals surface area (Å²) < 4.78 is 22.2. The smallest absolute Gasteiger partial charge is 0.342 e. The number of piperazine rings is 1. The van der Waals surface area contributed by atoms with Gasteiger partial charge in [-0.3, -0.25) is 14.6 Å². The zero-order valence-corrected chi connectivity index (χ0v) is 28.9. The predicted octanol–water partition coefficient (Wildman–Crippen LogP) is 6.56. The zero-order chi connectivity index (χ0) is 34.0. The Bertz CT molecular complexity index is 1690. The lowest BCUT2D eigenvalue weighted by molar-refractivity contribution is -0.140. The molecular weight excluding hydrogens is 628 g/mol. The van der Waals surface area contributed by atoms with E-state index in [0.29, 0.717) is 42.9 Å². The van der Waals surface area contributed by atoms with Gasteiger partial charge in [-0.15, -0.1) is 0 Å². The molecule has 1 unspecified atom stereocenters. The van der Waals surface area contributed by atoms with E-state index in [2.05, 4.69) is 58.0 Å². The number of ether oxygens (including phenoxy) is 4. The van der Waals surface area contributed by atoms with Crippen LogP contribution in [0.2, 0.25) is 5.02 Å². The second-order valence-corrected chi connectivity index (χ2v) is 12.5. The van der Waals surface area contributed by atoms with Crippen LogP contribution in [0.1, 0.15) is 64.0 Å². The number of fused-ring (bicyclic) bond motifs is 1. The van der Waals surface area contributed by atoms with E-state index in [0.717, 1.165) is 53.5 Å². The summed E-state index contributed by atoms with van der Waals surface area (Å²) in [6.07, 6.45) is 3.37. The average molecular weight is 671 g/mol. The number of cyclic esters (lactones) is 1. The Morgan fingerprint density at radius 1 is 0.979 bits per heavy atom. The number of benzene rings is 3. The number of halogens is 1. The molecule has 1 fully saturated rings. The first-order valence-electron chi connectivity index (χ1n) is 16.3. The summed E-state index contributed by atoms with van der Waals surface area (Å²) in [5.41, 5.74) is 6.35. The van der Waals surface area contributed by atoms with Gasteiger partial charge < -0.3 is 18.9 Å². The van der Waals surface area contributed by atoms with Crippen LogP contribution in [-0.4, -0.2) is 75.3 Å². The van der Waals surface area contributed by atoms with E-state index in [4.69, 9.17) is 30.5 Å². The van der Waals surface area contributed by atoms with E-state index in [-0.39, 0.29) is 25.2 Å². The van der Waals surface area contributed by atoms with E-state index in [1.165, 1.54) is 18.2 Å². The van der Waals surface area contributed by atoms with E-state index in [1.54, 1.807) is 7.11 Å². The molecule has 5 rings (SSSR count). The van der Waals surface area contributed by atoms with Gasteiger partial charge in [-0.2, -0.15) is 0 Å². The molecule has 0 aromatic heterocycles. The molecule has 0 radical (unpaired) electrons. The van der Waals surface area contributed by atoms with Crippen LogP contribution < -0.4 is 9.47 Å². The molecule has 0 aliphatic carbocycles. The van der Waals surface area contributed by atoms with Crippen LogP contribution >= 0.6 is 11.6 Å². The summed E-state index contributed by atoms with van der Waals surface area (Å²) in [5.74, 6) is 6.89. The average Bonchev–Trinajstić information content (AvgIpc) is 3.50. The third-order valence-corrected chi connectivity index (χ3v) is 9.27. The first-order valence-corrected chi connectivity index (χ1v) is 16.7. The molecule has 1 saturated heterocycles. The van der Waals surface area contributed by atoms with Crippen LogP contribution in [0.4, 0.5) is 0 Å². The highest BCUT2D eigenvalue weighted by molar-refractivity contribution is 6.30. The number of hydrogen-bond donors (Lipinski definition) is 0. The maximum Gasteiger partial charge on any atom is 0.342 e. The second-order valence-electron chi connectivity index (χ2n) is 12.0. The number of allylic oxidation sites excluding steroid dienone is 2. The van der Waals surface area contributed by atoms with Gasteiger partial charge in [0.05, 0.1) is 26.8 Å². The van der Waals surface area contributed by atoms with Gasteiger partial charge >= 0.3 is 11.9 Å². The van der Waals surface area contributed by atoms with Gasteiger partial charge in [-0.25, -0.2) is 4.79 Å². The van der Waals surface area contributed by atoms with E-state index in [9.17, 15) is 9.59 Å². The van der Waals surface area contributed by atoms with Crippen molar-refractivity contribution in [3.05, 3.63) is 105 Å². The summed E-state index contributed by atoms with van der Waals surface area (Å²) in [6, 6.07) is 18.9. The van der Waals surface area contributed by atoms with Gasteiger partial charge in [-0.1, -0.05) is 77.6 Å². The fourth-order valence-electron chi connectivity index (χ4n) is 6.35. The summed E-state index contributed by atoms with van der Waals surface area (Å²) in [4.78, 5) is 29.3. The Morgan fingerprint density at radius 2 is 1.69 bits per heavy atom. The number of nitrogens with zero attached hydrogens (tertiary/aromatic N) is 2. The number of hydrogen-bond acceptors (Lipinski definition) is 8. The number of rotatable bonds is 12. The molecule has 0 N–H and O–H groups in total. The fourth-order valence-corrected chi connectivity index (χ4v) is 6.48. The monoisotopic (exact) mass is 670 g/mol. The number of carbonyl (C=O) groups excluding carboxylic acids is 2. The van der Waals surface area contributed by atoms with Gasteiger partial charge in [0.2, 0.25) is 0 Å². The van der Waals surface area contributed by atoms with Crippen LogP contribution in [0.3, 0.4) is 0 Å². The summed E-state index contributed by atoms with van der Waals surface area (Å²) in [6.45, 7) is 8.44. The van der Waals surface area contributed by atoms with Crippen molar-refractivity contribution in [2.75, 3.05) is 53.6 Å². The van der Waals surface area contributed by atoms with E-state index < -0.39 is 5.97 Å². The molecule has 48 heavy (non-hydrogen) atoms. The standard InChI is InChI=1S/C39H43ClN2O6/c1-27(13-19-34(43)45-3)12-18-32-37(46-4)28(2)33-26-48-39(44)35(33)38(32)47-25-9-8-20-41-21-23-42(24-22-41)36(29-10-6-5-7-11-29)30-14-16-31(40)17-15-30/h5-7,10-12,14-17,36H,13,18-26H2,1-4H3/b27-12+. The SMILES string of the molecule is COC(=O)CC/C(C)=C/Cc1c(OC)c(C)c2c(c1OCC#CCN1CCN(C(c3ccccc3)c3ccc(Cl)cc3)CC1)C(=O)OC2. The fraction of sp³-hybridized carbons (Fsp3) is 0.385. The van der Waals surface area contributed by atoms with Crippen LogP contribution in [0, 0.1) is 18.8 Å². The van der Waals surface area contributed by atoms with Crippen LogP contribution in [0.15, 0.2) is 66.2 Å². The predicted molar refractivity (Wildman–Crippen MR) is 187 cm³/mol. The highest BCUT2D eigenvalue weighted by atomic mass is 35.5. The second kappa shape index (κ2) is 16.7. The maximum atomic E-state index is 12.8. The number of carbonyl (C=O) groups is 2. The van der Waals surface area contributed by atoms with Gasteiger partial charge in [-0.05, 0) is 55.5 Å². The lowest BCUT2D eigenvalue weighted by atomic mass is 9.94. The Balaban J connectivity index is 1.24. The molecule has 2 aliphatic rings. The zero-order valence-electron chi connectivity index (χ0n) is 28.1. The first-order chi connectivity index (χ1) is 23.3. The Kier molecular flexibility index (Phi) is 12.2. The molecule has 3 aromatic carbocycles. The minimum Gasteiger partial charge on any atom is -0.496 e. The van der Waals surface area contributed by atoms with Gasteiger partial charge in [0, 0.05) is 48.7 Å². The molecule has 0 saturated carbocycles. The van der Waals surface area contributed by atoms with Crippen molar-refractivity contribution in [3.63, 3.8) is 0 Å². The molecule has 252 valence electrons. The number of methoxy groups -OCH3 is 2. The maximum absolute atomic E-state index is 12.8. The van der Waals surface area contributed by atoms with Crippen molar-refractivity contribution in [1.29, 1.82) is 0 Å². The van der Waals surface area contributed by atoms with Crippen molar-refractivity contribution >= 4 is 23.5 Å². The van der Waals surface area contributed by atoms with Gasteiger partial charge in [0.15, 0.2) is 0 Å². The minimum absolute atomic E-state index is 0.122. The molecule has 0 amide bonds. The Morgan fingerprint density at radius 3 is 2.38 bits per heavy atom. The summed E-state index contributed by atoms with van der Waals surface area (Å²) in [5, 5.41) is 0.736. The quantitative estimate of drug-likeness (QED) is 0.122. The molecule has 3 aromatic rings. The van der Waals surface area contributed by atoms with E-state index >= 15 is 0 Å². The van der Waals surface area contributed by atoms with Crippen molar-refractivity contribution in [2.24, 2.45) is 0 Å². The van der Waals surface area contributed by atoms with Crippen LogP contribution in [-0.2, 0) is 27.3 Å². The van der Waals surface area contributed by atoms with Crippen molar-refractivity contribution in [3.8, 4) is 23.3 Å². The van der Waals surface area contributed by atoms with Crippen molar-refractivity contribution in [1.82, 2.24) is 9.80 Å². The molecule has 0 spiro atoms. The normalized spacial score (nSPS) is 15.6. The van der Waals surface area contributed by atoms with Gasteiger partial charge in [0.25, 0.3) is 0 Å².